The number of carbonyl (C=O) groups excluding carboxylic acids is 1. The number of amides is 1. The lowest BCUT2D eigenvalue weighted by Gasteiger charge is -2.10. The molecule has 0 unspecified atom stereocenters. The molecule has 0 fully saturated rings. The molecule has 1 amide bonds. The molecule has 1 heterocycles. The number of methoxy groups -OCH3 is 2. The van der Waals surface area contributed by atoms with E-state index < -0.39 is 17.3 Å². The summed E-state index contributed by atoms with van der Waals surface area (Å²) in [6, 6.07) is 10.7. The van der Waals surface area contributed by atoms with Crippen LogP contribution in [0, 0.1) is 5.82 Å². The number of benzene rings is 2. The summed E-state index contributed by atoms with van der Waals surface area (Å²) in [5, 5.41) is 3.26. The molecule has 0 aliphatic heterocycles. The highest BCUT2D eigenvalue weighted by atomic mass is 19.1. The van der Waals surface area contributed by atoms with Crippen LogP contribution in [0.25, 0.3) is 10.9 Å². The normalized spacial score (nSPS) is 10.6. The number of aromatic nitrogens is 1. The van der Waals surface area contributed by atoms with Gasteiger partial charge in [-0.05, 0) is 47.3 Å². The molecule has 134 valence electrons. The van der Waals surface area contributed by atoms with E-state index in [1.165, 1.54) is 38.5 Å². The number of halogens is 1. The molecule has 0 spiro atoms. The fourth-order valence-electron chi connectivity index (χ4n) is 2.61. The summed E-state index contributed by atoms with van der Waals surface area (Å²) >= 11 is 0. The van der Waals surface area contributed by atoms with Crippen LogP contribution in [0.15, 0.2) is 47.3 Å². The number of rotatable bonds is 5. The van der Waals surface area contributed by atoms with E-state index in [1.54, 1.807) is 18.2 Å². The van der Waals surface area contributed by atoms with Gasteiger partial charge in [0.15, 0.2) is 11.5 Å². The summed E-state index contributed by atoms with van der Waals surface area (Å²) in [5.74, 6) is 0.150. The molecule has 0 saturated heterocycles. The molecular weight excluding hydrogens is 339 g/mol. The first-order valence-electron chi connectivity index (χ1n) is 7.83. The molecule has 2 aromatic carbocycles. The molecular formula is C19H17FN2O4. The molecule has 6 nitrogen and oxygen atoms in total. The zero-order valence-corrected chi connectivity index (χ0v) is 14.3. The third kappa shape index (κ3) is 3.51. The van der Waals surface area contributed by atoms with Crippen LogP contribution in [-0.2, 0) is 6.54 Å². The lowest BCUT2D eigenvalue weighted by atomic mass is 10.1. The number of aromatic amines is 1. The average Bonchev–Trinajstić information content (AvgIpc) is 2.65. The van der Waals surface area contributed by atoms with Gasteiger partial charge in [-0.2, -0.15) is 0 Å². The van der Waals surface area contributed by atoms with E-state index >= 15 is 0 Å². The first-order valence-corrected chi connectivity index (χ1v) is 7.83. The van der Waals surface area contributed by atoms with Crippen molar-refractivity contribution < 1.29 is 18.7 Å². The Bertz CT molecular complexity index is 1030. The second kappa shape index (κ2) is 7.26. The number of nitrogens with one attached hydrogen (secondary N) is 2. The Kier molecular flexibility index (Phi) is 4.88. The predicted molar refractivity (Wildman–Crippen MR) is 95.2 cm³/mol. The summed E-state index contributed by atoms with van der Waals surface area (Å²) in [5.41, 5.74) is 0.513. The van der Waals surface area contributed by atoms with Gasteiger partial charge in [0.1, 0.15) is 11.4 Å². The Balaban J connectivity index is 1.80. The van der Waals surface area contributed by atoms with Crippen molar-refractivity contribution in [2.75, 3.05) is 14.2 Å². The van der Waals surface area contributed by atoms with Gasteiger partial charge < -0.3 is 19.8 Å². The molecule has 7 heteroatoms. The van der Waals surface area contributed by atoms with Gasteiger partial charge in [-0.3, -0.25) is 9.59 Å². The molecule has 0 aliphatic rings. The highest BCUT2D eigenvalue weighted by molar-refractivity contribution is 5.97. The van der Waals surface area contributed by atoms with Gasteiger partial charge in [-0.15, -0.1) is 0 Å². The van der Waals surface area contributed by atoms with Crippen molar-refractivity contribution >= 4 is 16.8 Å². The summed E-state index contributed by atoms with van der Waals surface area (Å²) in [6.45, 7) is 0.208. The zero-order chi connectivity index (χ0) is 18.7. The van der Waals surface area contributed by atoms with E-state index in [-0.39, 0.29) is 12.1 Å². The molecule has 0 atom stereocenters. The predicted octanol–water partition coefficient (Wildman–Crippen LogP) is 2.61. The van der Waals surface area contributed by atoms with Crippen LogP contribution < -0.4 is 20.3 Å². The first kappa shape index (κ1) is 17.5. The number of ether oxygens (including phenoxy) is 2. The Morgan fingerprint density at radius 1 is 1.08 bits per heavy atom. The maximum absolute atomic E-state index is 13.2. The Morgan fingerprint density at radius 3 is 2.58 bits per heavy atom. The molecule has 1 aromatic heterocycles. The van der Waals surface area contributed by atoms with Crippen LogP contribution in [0.1, 0.15) is 15.9 Å². The molecule has 0 saturated carbocycles. The van der Waals surface area contributed by atoms with Crippen molar-refractivity contribution in [2.24, 2.45) is 0 Å². The molecule has 3 rings (SSSR count). The molecule has 0 radical (unpaired) electrons. The molecule has 2 N–H and O–H groups in total. The minimum Gasteiger partial charge on any atom is -0.493 e. The minimum absolute atomic E-state index is 0.0374. The van der Waals surface area contributed by atoms with Crippen molar-refractivity contribution in [1.82, 2.24) is 10.3 Å². The van der Waals surface area contributed by atoms with E-state index in [1.807, 2.05) is 0 Å². The van der Waals surface area contributed by atoms with E-state index in [2.05, 4.69) is 10.3 Å². The van der Waals surface area contributed by atoms with Gasteiger partial charge in [0, 0.05) is 6.54 Å². The van der Waals surface area contributed by atoms with Crippen LogP contribution in [0.3, 0.4) is 0 Å². The topological polar surface area (TPSA) is 80.4 Å². The van der Waals surface area contributed by atoms with Gasteiger partial charge in [-0.1, -0.05) is 6.07 Å². The minimum atomic E-state index is -0.576. The third-order valence-corrected chi connectivity index (χ3v) is 3.95. The van der Waals surface area contributed by atoms with E-state index in [0.717, 1.165) is 5.56 Å². The van der Waals surface area contributed by atoms with Crippen LogP contribution in [0.4, 0.5) is 4.39 Å². The number of carbonyl (C=O) groups is 1. The van der Waals surface area contributed by atoms with E-state index in [9.17, 15) is 14.0 Å². The molecule has 0 aliphatic carbocycles. The summed E-state index contributed by atoms with van der Waals surface area (Å²) in [4.78, 5) is 27.0. The fourth-order valence-corrected chi connectivity index (χ4v) is 2.61. The quantitative estimate of drug-likeness (QED) is 0.736. The lowest BCUT2D eigenvalue weighted by molar-refractivity contribution is 0.0949. The number of H-pyrrole nitrogens is 1. The van der Waals surface area contributed by atoms with Gasteiger partial charge >= 0.3 is 0 Å². The summed E-state index contributed by atoms with van der Waals surface area (Å²) in [6.07, 6.45) is 0. The largest absolute Gasteiger partial charge is 0.493 e. The second-order valence-electron chi connectivity index (χ2n) is 5.62. The van der Waals surface area contributed by atoms with Crippen molar-refractivity contribution in [2.45, 2.75) is 6.54 Å². The fraction of sp³-hybridized carbons (Fsp3) is 0.158. The van der Waals surface area contributed by atoms with Crippen molar-refractivity contribution in [1.29, 1.82) is 0 Å². The maximum atomic E-state index is 13.2. The number of pyridine rings is 1. The number of fused-ring (bicyclic) bond motifs is 1. The van der Waals surface area contributed by atoms with Crippen LogP contribution in [-0.4, -0.2) is 25.1 Å². The number of hydrogen-bond donors (Lipinski definition) is 2. The smallest absolute Gasteiger partial charge is 0.261 e. The Labute approximate surface area is 148 Å². The Morgan fingerprint density at radius 2 is 1.85 bits per heavy atom. The van der Waals surface area contributed by atoms with Gasteiger partial charge in [-0.25, -0.2) is 4.39 Å². The number of hydrogen-bond acceptors (Lipinski definition) is 4. The average molecular weight is 356 g/mol. The standard InChI is InChI=1S/C19H17FN2O4/c1-25-16-6-3-11(7-17(16)26-2)10-21-18(23)14-8-12-4-5-13(20)9-15(12)22-19(14)24/h3-9H,10H2,1-2H3,(H,21,23)(H,22,24). The van der Waals surface area contributed by atoms with E-state index in [4.69, 9.17) is 9.47 Å². The monoisotopic (exact) mass is 356 g/mol. The van der Waals surface area contributed by atoms with Crippen LogP contribution in [0.2, 0.25) is 0 Å². The highest BCUT2D eigenvalue weighted by Crippen LogP contribution is 2.27. The van der Waals surface area contributed by atoms with Crippen molar-refractivity contribution in [3.05, 3.63) is 69.8 Å². The lowest BCUT2D eigenvalue weighted by Crippen LogP contribution is -2.29. The summed E-state index contributed by atoms with van der Waals surface area (Å²) in [7, 11) is 3.06. The van der Waals surface area contributed by atoms with Crippen molar-refractivity contribution in [3.63, 3.8) is 0 Å². The molecule has 3 aromatic rings. The molecule has 26 heavy (non-hydrogen) atoms. The first-order chi connectivity index (χ1) is 12.5. The van der Waals surface area contributed by atoms with Crippen molar-refractivity contribution in [3.8, 4) is 11.5 Å². The van der Waals surface area contributed by atoms with Crippen LogP contribution in [0.5, 0.6) is 11.5 Å². The highest BCUT2D eigenvalue weighted by Gasteiger charge is 2.13. The van der Waals surface area contributed by atoms with Gasteiger partial charge in [0.2, 0.25) is 0 Å². The van der Waals surface area contributed by atoms with E-state index in [0.29, 0.717) is 22.4 Å². The third-order valence-electron chi connectivity index (χ3n) is 3.95. The molecule has 0 bridgehead atoms. The second-order valence-corrected chi connectivity index (χ2v) is 5.62. The maximum Gasteiger partial charge on any atom is 0.261 e. The SMILES string of the molecule is COc1ccc(CNC(=O)c2cc3ccc(F)cc3[nH]c2=O)cc1OC. The summed E-state index contributed by atoms with van der Waals surface area (Å²) < 4.78 is 23.6. The Hall–Kier alpha value is -3.35. The van der Waals surface area contributed by atoms with Gasteiger partial charge in [0.25, 0.3) is 11.5 Å². The van der Waals surface area contributed by atoms with Gasteiger partial charge in [0.05, 0.1) is 19.7 Å². The van der Waals surface area contributed by atoms with Crippen LogP contribution >= 0.6 is 0 Å². The zero-order valence-electron chi connectivity index (χ0n) is 14.3.